The van der Waals surface area contributed by atoms with Gasteiger partial charge in [-0.3, -0.25) is 9.59 Å². The van der Waals surface area contributed by atoms with E-state index in [0.717, 1.165) is 48.9 Å². The summed E-state index contributed by atoms with van der Waals surface area (Å²) in [5, 5.41) is 7.23. The average Bonchev–Trinajstić information content (AvgIpc) is 3.31. The van der Waals surface area contributed by atoms with E-state index in [-0.39, 0.29) is 11.8 Å². The Morgan fingerprint density at radius 3 is 2.54 bits per heavy atom. The lowest BCUT2D eigenvalue weighted by molar-refractivity contribution is -0.129. The zero-order valence-corrected chi connectivity index (χ0v) is 20.6. The first-order valence-electron chi connectivity index (χ1n) is 13.1. The second-order valence-electron chi connectivity index (χ2n) is 9.55. The van der Waals surface area contributed by atoms with Crippen molar-refractivity contribution < 1.29 is 9.59 Å². The van der Waals surface area contributed by atoms with Crippen LogP contribution in [0, 0.1) is 0 Å². The predicted octanol–water partition coefficient (Wildman–Crippen LogP) is 4.21. The maximum absolute atomic E-state index is 13.0. The third-order valence-electron chi connectivity index (χ3n) is 6.92. The van der Waals surface area contributed by atoms with Crippen LogP contribution in [0.25, 0.3) is 10.9 Å². The lowest BCUT2D eigenvalue weighted by Crippen LogP contribution is -2.47. The highest BCUT2D eigenvalue weighted by atomic mass is 16.2. The fourth-order valence-corrected chi connectivity index (χ4v) is 4.92. The molecule has 0 unspecified atom stereocenters. The number of carbonyl (C=O) groups excluding carboxylic acids is 2. The van der Waals surface area contributed by atoms with E-state index < -0.39 is 6.04 Å². The zero-order chi connectivity index (χ0) is 24.3. The van der Waals surface area contributed by atoms with E-state index >= 15 is 0 Å². The molecule has 2 heterocycles. The number of carbonyl (C=O) groups is 2. The van der Waals surface area contributed by atoms with Crippen molar-refractivity contribution in [3.8, 4) is 0 Å². The van der Waals surface area contributed by atoms with Gasteiger partial charge in [-0.05, 0) is 75.4 Å². The molecule has 186 valence electrons. The lowest BCUT2D eigenvalue weighted by Gasteiger charge is -2.27. The maximum atomic E-state index is 13.0. The summed E-state index contributed by atoms with van der Waals surface area (Å²) in [7, 11) is 0. The van der Waals surface area contributed by atoms with Crippen LogP contribution in [0.3, 0.4) is 0 Å². The van der Waals surface area contributed by atoms with E-state index in [9.17, 15) is 9.59 Å². The van der Waals surface area contributed by atoms with E-state index in [2.05, 4.69) is 38.7 Å². The summed E-state index contributed by atoms with van der Waals surface area (Å²) >= 11 is 0. The smallest absolute Gasteiger partial charge is 0.242 e. The molecular weight excluding hydrogens is 436 g/mol. The summed E-state index contributed by atoms with van der Waals surface area (Å²) in [6.45, 7) is 3.84. The van der Waals surface area contributed by atoms with Gasteiger partial charge in [-0.25, -0.2) is 0 Å². The largest absolute Gasteiger partial charge is 0.361 e. The molecule has 0 aliphatic carbocycles. The highest BCUT2D eigenvalue weighted by Gasteiger charge is 2.21. The monoisotopic (exact) mass is 474 g/mol. The molecule has 1 aromatic heterocycles. The molecule has 1 saturated heterocycles. The summed E-state index contributed by atoms with van der Waals surface area (Å²) in [5.41, 5.74) is 3.40. The molecule has 2 aromatic carbocycles. The van der Waals surface area contributed by atoms with Crippen molar-refractivity contribution in [2.45, 2.75) is 57.4 Å². The second kappa shape index (κ2) is 13.1. The number of aromatic amines is 1. The van der Waals surface area contributed by atoms with Gasteiger partial charge in [-0.2, -0.15) is 0 Å². The van der Waals surface area contributed by atoms with Gasteiger partial charge in [0.15, 0.2) is 0 Å². The van der Waals surface area contributed by atoms with Crippen molar-refractivity contribution in [3.63, 3.8) is 0 Å². The minimum atomic E-state index is -0.494. The molecule has 0 saturated carbocycles. The van der Waals surface area contributed by atoms with Crippen molar-refractivity contribution in [3.05, 3.63) is 71.9 Å². The number of nitrogens with zero attached hydrogens (tertiary/aromatic N) is 1. The molecule has 0 spiro atoms. The highest BCUT2D eigenvalue weighted by Crippen LogP contribution is 2.19. The van der Waals surface area contributed by atoms with Crippen LogP contribution < -0.4 is 10.6 Å². The number of benzene rings is 2. The van der Waals surface area contributed by atoms with E-state index in [1.807, 2.05) is 42.6 Å². The van der Waals surface area contributed by atoms with Crippen molar-refractivity contribution in [2.75, 3.05) is 26.2 Å². The van der Waals surface area contributed by atoms with Crippen LogP contribution in [0.5, 0.6) is 0 Å². The molecule has 1 aliphatic heterocycles. The van der Waals surface area contributed by atoms with Crippen LogP contribution in [0.1, 0.15) is 49.7 Å². The fourth-order valence-electron chi connectivity index (χ4n) is 4.92. The minimum Gasteiger partial charge on any atom is -0.361 e. The Balaban J connectivity index is 1.29. The minimum absolute atomic E-state index is 0.0727. The van der Waals surface area contributed by atoms with Gasteiger partial charge in [0.2, 0.25) is 11.8 Å². The standard InChI is InChI=1S/C29H38N4O2/c34-28(16-15-24-22-31-26-13-6-5-12-25(24)26)32-27(14-9-21-33-19-7-2-8-20-33)29(35)30-18-17-23-10-3-1-4-11-23/h1,3-6,10-13,22,27,31H,2,7-9,14-21H2,(H,30,35)(H,32,34)/t27-/m0/s1. The molecule has 0 bridgehead atoms. The Kier molecular flexibility index (Phi) is 9.35. The van der Waals surface area contributed by atoms with Gasteiger partial charge in [0.05, 0.1) is 0 Å². The number of hydrogen-bond donors (Lipinski definition) is 3. The molecule has 4 rings (SSSR count). The van der Waals surface area contributed by atoms with E-state index in [1.54, 1.807) is 0 Å². The van der Waals surface area contributed by atoms with Gasteiger partial charge >= 0.3 is 0 Å². The number of aromatic nitrogens is 1. The normalized spacial score (nSPS) is 15.1. The average molecular weight is 475 g/mol. The van der Waals surface area contributed by atoms with Crippen LogP contribution in [0.4, 0.5) is 0 Å². The SMILES string of the molecule is O=C(CCc1c[nH]c2ccccc12)N[C@@H](CCCN1CCCCC1)C(=O)NCCc1ccccc1. The number of rotatable bonds is 12. The number of para-hydroxylation sites is 1. The van der Waals surface area contributed by atoms with Gasteiger partial charge < -0.3 is 20.5 Å². The molecule has 0 radical (unpaired) electrons. The second-order valence-corrected chi connectivity index (χ2v) is 9.55. The molecule has 3 N–H and O–H groups in total. The van der Waals surface area contributed by atoms with Crippen molar-refractivity contribution in [1.29, 1.82) is 0 Å². The Hall–Kier alpha value is -3.12. The molecule has 1 atom stereocenters. The number of likely N-dealkylation sites (tertiary alicyclic amines) is 1. The van der Waals surface area contributed by atoms with E-state index in [1.165, 1.54) is 24.8 Å². The molecule has 1 fully saturated rings. The number of amides is 2. The van der Waals surface area contributed by atoms with Crippen LogP contribution in [-0.4, -0.2) is 53.9 Å². The topological polar surface area (TPSA) is 77.2 Å². The quantitative estimate of drug-likeness (QED) is 0.368. The number of hydrogen-bond acceptors (Lipinski definition) is 3. The van der Waals surface area contributed by atoms with E-state index in [0.29, 0.717) is 25.8 Å². The first-order chi connectivity index (χ1) is 17.2. The van der Waals surface area contributed by atoms with Crippen molar-refractivity contribution >= 4 is 22.7 Å². The summed E-state index contributed by atoms with van der Waals surface area (Å²) in [6.07, 6.45) is 9.16. The third kappa shape index (κ3) is 7.69. The van der Waals surface area contributed by atoms with Gasteiger partial charge in [-0.1, -0.05) is 55.0 Å². The fraction of sp³-hybridized carbons (Fsp3) is 0.448. The first-order valence-corrected chi connectivity index (χ1v) is 13.1. The van der Waals surface area contributed by atoms with Gasteiger partial charge in [-0.15, -0.1) is 0 Å². The molecule has 35 heavy (non-hydrogen) atoms. The molecule has 3 aromatic rings. The summed E-state index contributed by atoms with van der Waals surface area (Å²) in [6, 6.07) is 17.8. The maximum Gasteiger partial charge on any atom is 0.242 e. The molecular formula is C29H38N4O2. The third-order valence-corrected chi connectivity index (χ3v) is 6.92. The van der Waals surface area contributed by atoms with Crippen LogP contribution >= 0.6 is 0 Å². The summed E-state index contributed by atoms with van der Waals surface area (Å²) in [5.74, 6) is -0.156. The van der Waals surface area contributed by atoms with Crippen molar-refractivity contribution in [2.24, 2.45) is 0 Å². The van der Waals surface area contributed by atoms with E-state index in [4.69, 9.17) is 0 Å². The highest BCUT2D eigenvalue weighted by molar-refractivity contribution is 5.88. The summed E-state index contributed by atoms with van der Waals surface area (Å²) in [4.78, 5) is 31.6. The first kappa shape index (κ1) is 25.0. The lowest BCUT2D eigenvalue weighted by atomic mass is 10.1. The number of piperidine rings is 1. The van der Waals surface area contributed by atoms with Crippen molar-refractivity contribution in [1.82, 2.24) is 20.5 Å². The van der Waals surface area contributed by atoms with Gasteiger partial charge in [0.1, 0.15) is 6.04 Å². The molecule has 2 amide bonds. The predicted molar refractivity (Wildman–Crippen MR) is 141 cm³/mol. The van der Waals surface area contributed by atoms with Crippen LogP contribution in [0.15, 0.2) is 60.8 Å². The van der Waals surface area contributed by atoms with Gasteiger partial charge in [0.25, 0.3) is 0 Å². The zero-order valence-electron chi connectivity index (χ0n) is 20.6. The Morgan fingerprint density at radius 2 is 1.71 bits per heavy atom. The number of aryl methyl sites for hydroxylation is 1. The number of H-pyrrole nitrogens is 1. The number of fused-ring (bicyclic) bond motifs is 1. The Morgan fingerprint density at radius 1 is 0.943 bits per heavy atom. The van der Waals surface area contributed by atoms with Crippen LogP contribution in [-0.2, 0) is 22.4 Å². The van der Waals surface area contributed by atoms with Crippen LogP contribution in [0.2, 0.25) is 0 Å². The molecule has 6 nitrogen and oxygen atoms in total. The Labute approximate surface area is 208 Å². The summed E-state index contributed by atoms with van der Waals surface area (Å²) < 4.78 is 0. The van der Waals surface area contributed by atoms with Gasteiger partial charge in [0, 0.05) is 30.1 Å². The Bertz CT molecular complexity index is 1070. The molecule has 1 aliphatic rings. The molecule has 6 heteroatoms. The number of nitrogens with one attached hydrogen (secondary N) is 3.